The molecule has 2 N–H and O–H groups in total. The zero-order valence-corrected chi connectivity index (χ0v) is 23.9. The minimum absolute atomic E-state index is 0.121. The average molecular weight is 602 g/mol. The van der Waals surface area contributed by atoms with Crippen LogP contribution in [0, 0.1) is 41.1 Å². The third-order valence-electron chi connectivity index (χ3n) is 7.18. The van der Waals surface area contributed by atoms with Crippen LogP contribution in [0.15, 0.2) is 41.2 Å². The molecule has 3 aromatic rings. The van der Waals surface area contributed by atoms with Crippen molar-refractivity contribution >= 4 is 23.4 Å². The topological polar surface area (TPSA) is 128 Å². The van der Waals surface area contributed by atoms with Gasteiger partial charge in [0.15, 0.2) is 23.1 Å². The number of hydrogen-bond acceptors (Lipinski definition) is 6. The summed E-state index contributed by atoms with van der Waals surface area (Å²) in [4.78, 5) is 40.1. The zero-order valence-electron chi connectivity index (χ0n) is 23.1. The van der Waals surface area contributed by atoms with Gasteiger partial charge in [-0.05, 0) is 70.4 Å². The first-order chi connectivity index (χ1) is 19.7. The van der Waals surface area contributed by atoms with Crippen molar-refractivity contribution in [2.45, 2.75) is 58.7 Å². The second kappa shape index (κ2) is 11.9. The highest BCUT2D eigenvalue weighted by atomic mass is 35.5. The molecule has 0 radical (unpaired) electrons. The van der Waals surface area contributed by atoms with E-state index in [-0.39, 0.29) is 5.02 Å². The van der Waals surface area contributed by atoms with E-state index in [1.165, 1.54) is 43.0 Å². The van der Waals surface area contributed by atoms with E-state index < -0.39 is 75.4 Å². The van der Waals surface area contributed by atoms with E-state index in [0.717, 1.165) is 0 Å². The zero-order chi connectivity index (χ0) is 30.9. The number of carbonyl (C=O) groups excluding carboxylic acids is 2. The molecule has 9 nitrogen and oxygen atoms in total. The average Bonchev–Trinajstić information content (AvgIpc) is 3.39. The Labute approximate surface area is 244 Å². The molecule has 1 saturated heterocycles. The Kier molecular flexibility index (Phi) is 8.63. The Morgan fingerprint density at radius 3 is 2.45 bits per heavy atom. The number of aromatic amines is 1. The number of nitrogens with zero attached hydrogens (tertiary/aromatic N) is 3. The monoisotopic (exact) mass is 601 g/mol. The number of aryl methyl sites for hydroxylation is 1. The largest absolute Gasteiger partial charge is 0.445 e. The van der Waals surface area contributed by atoms with Gasteiger partial charge in [0.1, 0.15) is 11.9 Å². The molecule has 3 atom stereocenters. The van der Waals surface area contributed by atoms with Gasteiger partial charge in [-0.1, -0.05) is 17.7 Å². The molecule has 1 fully saturated rings. The van der Waals surface area contributed by atoms with Gasteiger partial charge in [0, 0.05) is 11.6 Å². The first-order valence-electron chi connectivity index (χ1n) is 13.0. The Balaban J connectivity index is 1.57. The quantitative estimate of drug-likeness (QED) is 0.376. The highest BCUT2D eigenvalue weighted by Crippen LogP contribution is 2.44. The fourth-order valence-electron chi connectivity index (χ4n) is 4.97. The number of likely N-dealkylation sites (tertiary alicyclic amines) is 1. The van der Waals surface area contributed by atoms with Crippen LogP contribution >= 0.6 is 11.6 Å². The van der Waals surface area contributed by atoms with Crippen LogP contribution in [0.1, 0.15) is 61.3 Å². The fraction of sp³-hybridized carbons (Fsp3) is 0.345. The molecule has 1 aliphatic heterocycles. The molecule has 0 aliphatic carbocycles. The standard InChI is InChI=1S/C29H27ClF3N5O4/c1-14-9-23(27(40)37-36-14)42-25-20(32)11-17(12-21(25)33)26(39)35-15(2)28(41)38-22(7-8-24(38)29(3,4)13-34)16-5-6-19(31)18(30)10-16/h5-6,9-12,15,22,24H,7-8H2,1-4H3,(H,35,39)(H,37,40)/t15-,22+,24-/m1/s1. The van der Waals surface area contributed by atoms with Gasteiger partial charge in [-0.2, -0.15) is 10.4 Å². The van der Waals surface area contributed by atoms with Crippen LogP contribution in [0.4, 0.5) is 13.2 Å². The van der Waals surface area contributed by atoms with Crippen molar-refractivity contribution in [1.82, 2.24) is 20.4 Å². The SMILES string of the molecule is Cc1cc(Oc2c(F)cc(C(=O)N[C@H](C)C(=O)N3[C@H](c4ccc(F)c(Cl)c4)CC[C@@H]3C(C)(C)C#N)cc2F)c(=O)[nH]n1. The van der Waals surface area contributed by atoms with E-state index in [1.54, 1.807) is 13.8 Å². The number of ether oxygens (including phenoxy) is 1. The first kappa shape index (κ1) is 30.6. The maximum Gasteiger partial charge on any atom is 0.307 e. The third kappa shape index (κ3) is 6.11. The Morgan fingerprint density at radius 1 is 1.17 bits per heavy atom. The van der Waals surface area contributed by atoms with Crippen molar-refractivity contribution in [3.63, 3.8) is 0 Å². The highest BCUT2D eigenvalue weighted by molar-refractivity contribution is 6.30. The molecule has 1 aliphatic rings. The predicted octanol–water partition coefficient (Wildman–Crippen LogP) is 5.34. The third-order valence-corrected chi connectivity index (χ3v) is 7.47. The van der Waals surface area contributed by atoms with Crippen LogP contribution in [0.3, 0.4) is 0 Å². The Morgan fingerprint density at radius 2 is 1.83 bits per heavy atom. The van der Waals surface area contributed by atoms with Crippen molar-refractivity contribution < 1.29 is 27.5 Å². The lowest BCUT2D eigenvalue weighted by atomic mass is 9.84. The lowest BCUT2D eigenvalue weighted by molar-refractivity contribution is -0.137. The first-order valence-corrected chi connectivity index (χ1v) is 13.3. The van der Waals surface area contributed by atoms with Gasteiger partial charge < -0.3 is 15.0 Å². The summed E-state index contributed by atoms with van der Waals surface area (Å²) in [7, 11) is 0. The number of nitrogens with one attached hydrogen (secondary N) is 2. The lowest BCUT2D eigenvalue weighted by Gasteiger charge is -2.38. The number of H-pyrrole nitrogens is 1. The van der Waals surface area contributed by atoms with E-state index in [1.807, 2.05) is 0 Å². The summed E-state index contributed by atoms with van der Waals surface area (Å²) in [6.45, 7) is 6.33. The summed E-state index contributed by atoms with van der Waals surface area (Å²) in [6, 6.07) is 6.69. The second-order valence-electron chi connectivity index (χ2n) is 10.6. The number of halogens is 4. The summed E-state index contributed by atoms with van der Waals surface area (Å²) in [6.07, 6.45) is 0.923. The summed E-state index contributed by atoms with van der Waals surface area (Å²) in [5, 5.41) is 17.9. The molecule has 1 aromatic heterocycles. The van der Waals surface area contributed by atoms with Gasteiger partial charge in [-0.15, -0.1) is 0 Å². The summed E-state index contributed by atoms with van der Waals surface area (Å²) in [5.74, 6) is -5.92. The molecule has 0 saturated carbocycles. The molecule has 2 heterocycles. The summed E-state index contributed by atoms with van der Waals surface area (Å²) < 4.78 is 48.6. The van der Waals surface area contributed by atoms with E-state index >= 15 is 0 Å². The summed E-state index contributed by atoms with van der Waals surface area (Å²) >= 11 is 5.99. The van der Waals surface area contributed by atoms with E-state index in [9.17, 15) is 32.8 Å². The van der Waals surface area contributed by atoms with Gasteiger partial charge in [0.05, 0.1) is 34.3 Å². The van der Waals surface area contributed by atoms with Crippen molar-refractivity contribution in [3.8, 4) is 17.6 Å². The van der Waals surface area contributed by atoms with Gasteiger partial charge in [0.2, 0.25) is 5.91 Å². The number of nitriles is 1. The molecule has 42 heavy (non-hydrogen) atoms. The molecule has 0 bridgehead atoms. The minimum atomic E-state index is -1.25. The normalized spacial score (nSPS) is 17.5. The minimum Gasteiger partial charge on any atom is -0.445 e. The molecule has 220 valence electrons. The molecular formula is C29H27ClF3N5O4. The Bertz CT molecular complexity index is 1630. The van der Waals surface area contributed by atoms with Gasteiger partial charge in [-0.3, -0.25) is 14.4 Å². The fourth-order valence-corrected chi connectivity index (χ4v) is 5.16. The molecule has 0 unspecified atom stereocenters. The number of benzene rings is 2. The van der Waals surface area contributed by atoms with Crippen molar-refractivity contribution in [3.05, 3.63) is 86.0 Å². The maximum atomic E-state index is 14.8. The van der Waals surface area contributed by atoms with E-state index in [4.69, 9.17) is 16.3 Å². The highest BCUT2D eigenvalue weighted by Gasteiger charge is 2.46. The number of rotatable bonds is 7. The van der Waals surface area contributed by atoms with Gasteiger partial charge in [-0.25, -0.2) is 18.3 Å². The van der Waals surface area contributed by atoms with Crippen LogP contribution in [0.2, 0.25) is 5.02 Å². The van der Waals surface area contributed by atoms with Crippen molar-refractivity contribution in [2.24, 2.45) is 5.41 Å². The van der Waals surface area contributed by atoms with Crippen molar-refractivity contribution in [1.29, 1.82) is 5.26 Å². The number of aromatic nitrogens is 2. The Hall–Kier alpha value is -4.37. The number of carbonyl (C=O) groups is 2. The van der Waals surface area contributed by atoms with Gasteiger partial charge >= 0.3 is 5.56 Å². The summed E-state index contributed by atoms with van der Waals surface area (Å²) in [5.41, 5.74) is -1.31. The lowest BCUT2D eigenvalue weighted by Crippen LogP contribution is -2.52. The second-order valence-corrected chi connectivity index (χ2v) is 11.0. The molecule has 0 spiro atoms. The van der Waals surface area contributed by atoms with E-state index in [2.05, 4.69) is 21.6 Å². The number of hydrogen-bond donors (Lipinski definition) is 2. The number of amides is 2. The van der Waals surface area contributed by atoms with Gasteiger partial charge in [0.25, 0.3) is 5.91 Å². The van der Waals surface area contributed by atoms with Crippen LogP contribution in [-0.4, -0.2) is 39.0 Å². The molecule has 2 amide bonds. The molecule has 2 aromatic carbocycles. The smallest absolute Gasteiger partial charge is 0.307 e. The molecule has 4 rings (SSSR count). The molecule has 13 heteroatoms. The van der Waals surface area contributed by atoms with E-state index in [0.29, 0.717) is 36.2 Å². The van der Waals surface area contributed by atoms with Crippen LogP contribution < -0.4 is 15.6 Å². The predicted molar refractivity (Wildman–Crippen MR) is 146 cm³/mol. The van der Waals surface area contributed by atoms with Crippen LogP contribution in [0.25, 0.3) is 0 Å². The van der Waals surface area contributed by atoms with Crippen LogP contribution in [-0.2, 0) is 4.79 Å². The van der Waals surface area contributed by atoms with Crippen LogP contribution in [0.5, 0.6) is 11.5 Å². The van der Waals surface area contributed by atoms with Crippen molar-refractivity contribution in [2.75, 3.05) is 0 Å². The molecular weight excluding hydrogens is 575 g/mol. The maximum absolute atomic E-state index is 14.8.